The highest BCUT2D eigenvalue weighted by Gasteiger charge is 2.53. The van der Waals surface area contributed by atoms with Crippen molar-refractivity contribution in [3.05, 3.63) is 127 Å². The van der Waals surface area contributed by atoms with Crippen LogP contribution in [0, 0.1) is 5.41 Å². The Balaban J connectivity index is 1.59. The van der Waals surface area contributed by atoms with Crippen molar-refractivity contribution in [3.63, 3.8) is 0 Å². The first-order valence-corrected chi connectivity index (χ1v) is 11.8. The molecular formula is C32H28O2. The van der Waals surface area contributed by atoms with Gasteiger partial charge in [-0.3, -0.25) is 4.79 Å². The van der Waals surface area contributed by atoms with E-state index in [4.69, 9.17) is 4.74 Å². The van der Waals surface area contributed by atoms with Gasteiger partial charge in [-0.25, -0.2) is 0 Å². The first-order valence-electron chi connectivity index (χ1n) is 11.8. The molecule has 0 aliphatic heterocycles. The van der Waals surface area contributed by atoms with E-state index in [1.54, 1.807) is 0 Å². The van der Waals surface area contributed by atoms with E-state index in [9.17, 15) is 4.79 Å². The highest BCUT2D eigenvalue weighted by molar-refractivity contribution is 5.89. The van der Waals surface area contributed by atoms with Gasteiger partial charge in [-0.15, -0.1) is 6.58 Å². The summed E-state index contributed by atoms with van der Waals surface area (Å²) in [5.41, 5.74) is 4.47. The molecule has 5 rings (SSSR count). The smallest absolute Gasteiger partial charge is 0.318 e. The van der Waals surface area contributed by atoms with Crippen LogP contribution < -0.4 is 4.74 Å². The van der Waals surface area contributed by atoms with Crippen LogP contribution in [-0.2, 0) is 4.79 Å². The number of hydrogen-bond acceptors (Lipinski definition) is 2. The van der Waals surface area contributed by atoms with Crippen LogP contribution in [0.5, 0.6) is 5.75 Å². The second-order valence-electron chi connectivity index (χ2n) is 8.95. The van der Waals surface area contributed by atoms with E-state index in [0.29, 0.717) is 12.2 Å². The highest BCUT2D eigenvalue weighted by Crippen LogP contribution is 2.56. The molecule has 0 heterocycles. The molecule has 0 amide bonds. The maximum absolute atomic E-state index is 14.0. The molecule has 1 saturated carbocycles. The van der Waals surface area contributed by atoms with Crippen LogP contribution in [0.2, 0.25) is 0 Å². The third kappa shape index (κ3) is 3.97. The van der Waals surface area contributed by atoms with E-state index in [1.165, 1.54) is 5.56 Å². The lowest BCUT2D eigenvalue weighted by Gasteiger charge is -2.47. The van der Waals surface area contributed by atoms with Gasteiger partial charge < -0.3 is 4.74 Å². The number of carbonyl (C=O) groups excluding carboxylic acids is 1. The summed E-state index contributed by atoms with van der Waals surface area (Å²) >= 11 is 0. The maximum Gasteiger partial charge on any atom is 0.318 e. The predicted octanol–water partition coefficient (Wildman–Crippen LogP) is 8.07. The zero-order chi connectivity index (χ0) is 23.4. The molecule has 2 atom stereocenters. The second kappa shape index (κ2) is 9.52. The molecule has 0 bridgehead atoms. The molecule has 34 heavy (non-hydrogen) atoms. The van der Waals surface area contributed by atoms with E-state index >= 15 is 0 Å². The minimum atomic E-state index is -0.596. The van der Waals surface area contributed by atoms with Gasteiger partial charge >= 0.3 is 5.97 Å². The number of benzene rings is 4. The van der Waals surface area contributed by atoms with Crippen LogP contribution in [0.4, 0.5) is 0 Å². The van der Waals surface area contributed by atoms with Gasteiger partial charge in [-0.05, 0) is 36.0 Å². The first kappa shape index (κ1) is 21.9. The van der Waals surface area contributed by atoms with Gasteiger partial charge in [0.05, 0.1) is 5.41 Å². The van der Waals surface area contributed by atoms with Crippen LogP contribution >= 0.6 is 0 Å². The van der Waals surface area contributed by atoms with Crippen LogP contribution in [0.25, 0.3) is 22.3 Å². The van der Waals surface area contributed by atoms with E-state index in [2.05, 4.69) is 43.0 Å². The number of ether oxygens (including phenoxy) is 1. The minimum Gasteiger partial charge on any atom is -0.425 e. The van der Waals surface area contributed by atoms with Crippen LogP contribution in [-0.4, -0.2) is 5.97 Å². The van der Waals surface area contributed by atoms with Gasteiger partial charge in [-0.2, -0.15) is 0 Å². The summed E-state index contributed by atoms with van der Waals surface area (Å²) in [6.07, 6.45) is 4.22. The molecule has 2 nitrogen and oxygen atoms in total. The fourth-order valence-corrected chi connectivity index (χ4v) is 5.17. The van der Waals surface area contributed by atoms with Gasteiger partial charge in [0.1, 0.15) is 5.75 Å². The summed E-state index contributed by atoms with van der Waals surface area (Å²) in [5.74, 6) is 0.573. The molecule has 0 unspecified atom stereocenters. The largest absolute Gasteiger partial charge is 0.425 e. The summed E-state index contributed by atoms with van der Waals surface area (Å²) in [7, 11) is 0. The van der Waals surface area contributed by atoms with E-state index < -0.39 is 5.41 Å². The van der Waals surface area contributed by atoms with Gasteiger partial charge in [0.2, 0.25) is 0 Å². The summed E-state index contributed by atoms with van der Waals surface area (Å²) < 4.78 is 6.41. The summed E-state index contributed by atoms with van der Waals surface area (Å²) in [4.78, 5) is 14.0. The Morgan fingerprint density at radius 1 is 0.794 bits per heavy atom. The Bertz CT molecular complexity index is 1220. The summed E-state index contributed by atoms with van der Waals surface area (Å²) in [6, 6.07) is 36.6. The highest BCUT2D eigenvalue weighted by atomic mass is 16.5. The topological polar surface area (TPSA) is 26.3 Å². The molecule has 0 saturated heterocycles. The molecular weight excluding hydrogens is 416 g/mol. The van der Waals surface area contributed by atoms with Crippen LogP contribution in [0.1, 0.15) is 30.7 Å². The van der Waals surface area contributed by atoms with Crippen molar-refractivity contribution in [3.8, 4) is 28.0 Å². The van der Waals surface area contributed by atoms with Crippen LogP contribution in [0.15, 0.2) is 122 Å². The fourth-order valence-electron chi connectivity index (χ4n) is 5.17. The van der Waals surface area contributed by atoms with Crippen molar-refractivity contribution < 1.29 is 9.53 Å². The maximum atomic E-state index is 14.0. The zero-order valence-corrected chi connectivity index (χ0v) is 19.2. The van der Waals surface area contributed by atoms with Gasteiger partial charge in [0, 0.05) is 17.0 Å². The Morgan fingerprint density at radius 3 is 1.79 bits per heavy atom. The van der Waals surface area contributed by atoms with Gasteiger partial charge in [0.15, 0.2) is 0 Å². The third-order valence-corrected chi connectivity index (χ3v) is 7.04. The number of carbonyl (C=O) groups is 1. The second-order valence-corrected chi connectivity index (χ2v) is 8.95. The molecule has 1 aliphatic carbocycles. The Hall–Kier alpha value is -3.91. The zero-order valence-electron chi connectivity index (χ0n) is 19.2. The standard InChI is InChI=1S/C32H28O2/c1-2-22-32(23-21-29(32)26-17-10-5-11-18-26)31(33)34-30-27(24-13-6-3-7-14-24)19-12-20-28(30)25-15-8-4-9-16-25/h2-20,29H,1,21-23H2/t29-,32-/m1/s1. The first-order chi connectivity index (χ1) is 16.7. The predicted molar refractivity (Wildman–Crippen MR) is 139 cm³/mol. The Morgan fingerprint density at radius 2 is 1.32 bits per heavy atom. The minimum absolute atomic E-state index is 0.128. The molecule has 0 aromatic heterocycles. The molecule has 4 aromatic rings. The van der Waals surface area contributed by atoms with Crippen molar-refractivity contribution in [1.82, 2.24) is 0 Å². The van der Waals surface area contributed by atoms with Crippen molar-refractivity contribution in [2.75, 3.05) is 0 Å². The molecule has 1 fully saturated rings. The number of rotatable bonds is 7. The molecule has 0 N–H and O–H groups in total. The lowest BCUT2D eigenvalue weighted by Crippen LogP contribution is -2.47. The molecule has 4 aromatic carbocycles. The summed E-state index contributed by atoms with van der Waals surface area (Å²) in [6.45, 7) is 3.97. The molecule has 2 heteroatoms. The van der Waals surface area contributed by atoms with Gasteiger partial charge in [-0.1, -0.05) is 115 Å². The normalized spacial score (nSPS) is 19.1. The van der Waals surface area contributed by atoms with Crippen molar-refractivity contribution in [1.29, 1.82) is 0 Å². The fraction of sp³-hybridized carbons (Fsp3) is 0.156. The van der Waals surface area contributed by atoms with E-state index in [1.807, 2.05) is 78.9 Å². The number of hydrogen-bond donors (Lipinski definition) is 0. The molecule has 1 aliphatic rings. The van der Waals surface area contributed by atoms with Crippen LogP contribution in [0.3, 0.4) is 0 Å². The van der Waals surface area contributed by atoms with E-state index in [-0.39, 0.29) is 11.9 Å². The molecule has 0 radical (unpaired) electrons. The Kier molecular flexibility index (Phi) is 6.14. The lowest BCUT2D eigenvalue weighted by atomic mass is 9.56. The van der Waals surface area contributed by atoms with Crippen molar-refractivity contribution in [2.45, 2.75) is 25.2 Å². The van der Waals surface area contributed by atoms with E-state index in [0.717, 1.165) is 35.1 Å². The van der Waals surface area contributed by atoms with Crippen molar-refractivity contribution >= 4 is 5.97 Å². The summed E-state index contributed by atoms with van der Waals surface area (Å²) in [5, 5.41) is 0. The van der Waals surface area contributed by atoms with Gasteiger partial charge in [0.25, 0.3) is 0 Å². The quantitative estimate of drug-likeness (QED) is 0.164. The lowest BCUT2D eigenvalue weighted by molar-refractivity contribution is -0.153. The van der Waals surface area contributed by atoms with Crippen molar-refractivity contribution in [2.24, 2.45) is 5.41 Å². The monoisotopic (exact) mass is 444 g/mol. The molecule has 0 spiro atoms. The SMILES string of the molecule is C=CC[C@@]1(C(=O)Oc2c(-c3ccccc3)cccc2-c2ccccc2)CC[C@@H]1c1ccccc1. The Labute approximate surface area is 201 Å². The average molecular weight is 445 g/mol. The average Bonchev–Trinajstić information content (AvgIpc) is 2.88. The third-order valence-electron chi connectivity index (χ3n) is 7.04. The number of para-hydroxylation sites is 1. The molecule has 168 valence electrons. The number of allylic oxidation sites excluding steroid dienone is 1. The number of esters is 1.